The molecule has 2 aliphatic heterocycles. The Morgan fingerprint density at radius 3 is 1.36 bits per heavy atom. The van der Waals surface area contributed by atoms with Gasteiger partial charge in [0.1, 0.15) is 48.8 Å². The van der Waals surface area contributed by atoms with Crippen LogP contribution in [0.5, 0.6) is 0 Å². The number of ether oxygens (including phenoxy) is 4. The van der Waals surface area contributed by atoms with Crippen molar-refractivity contribution in [3.63, 3.8) is 0 Å². The van der Waals surface area contributed by atoms with Gasteiger partial charge in [-0.05, 0) is 6.42 Å². The average Bonchev–Trinajstić information content (AvgIpc) is 2.96. The molecule has 18 nitrogen and oxygen atoms in total. The predicted molar refractivity (Wildman–Crippen MR) is 151 cm³/mol. The second-order valence-electron chi connectivity index (χ2n) is 11.2. The van der Waals surface area contributed by atoms with Crippen molar-refractivity contribution in [1.82, 2.24) is 0 Å². The third-order valence-electron chi connectivity index (χ3n) is 7.57. The van der Waals surface area contributed by atoms with Gasteiger partial charge < -0.3 is 49.6 Å². The molecule has 0 spiro atoms. The first-order chi connectivity index (χ1) is 21.1. The van der Waals surface area contributed by atoms with Crippen molar-refractivity contribution in [3.05, 3.63) is 0 Å². The number of hydrogen-bond donors (Lipinski definition) is 8. The fourth-order valence-electron chi connectivity index (χ4n) is 5.13. The zero-order valence-electron chi connectivity index (χ0n) is 25.0. The quantitative estimate of drug-likeness (QED) is 0.0495. The summed E-state index contributed by atoms with van der Waals surface area (Å²) < 4.78 is 94.0. The molecule has 0 unspecified atom stereocenters. The molecule has 0 radical (unpaired) electrons. The van der Waals surface area contributed by atoms with Gasteiger partial charge in [0, 0.05) is 5.92 Å². The minimum atomic E-state index is -5.12. The Bertz CT molecular complexity index is 973. The fourth-order valence-corrected chi connectivity index (χ4v) is 6.15. The van der Waals surface area contributed by atoms with Gasteiger partial charge in [0.25, 0.3) is 0 Å². The van der Waals surface area contributed by atoms with E-state index in [0.29, 0.717) is 12.8 Å². The van der Waals surface area contributed by atoms with Crippen LogP contribution in [0.25, 0.3) is 0 Å². The zero-order chi connectivity index (χ0) is 33.8. The van der Waals surface area contributed by atoms with Crippen molar-refractivity contribution in [2.24, 2.45) is 5.92 Å². The lowest BCUT2D eigenvalue weighted by Gasteiger charge is -2.42. The molecule has 10 atom stereocenters. The number of aliphatic hydroxyl groups is 6. The first kappa shape index (κ1) is 40.5. The van der Waals surface area contributed by atoms with Gasteiger partial charge in [-0.3, -0.25) is 9.11 Å². The molecule has 2 aliphatic rings. The minimum absolute atomic E-state index is 0.231. The summed E-state index contributed by atoms with van der Waals surface area (Å²) in [5.74, 6) is -0.530. The maximum absolute atomic E-state index is 11.3. The molecule has 2 fully saturated rings. The highest BCUT2D eigenvalue weighted by atomic mass is 32.3. The van der Waals surface area contributed by atoms with Crippen molar-refractivity contribution in [3.8, 4) is 0 Å². The second-order valence-corrected chi connectivity index (χ2v) is 13.3. The molecule has 0 aromatic heterocycles. The standard InChI is InChI=1S/C25H48O18S2/c1-2-3-4-5-6-7-8-9-10-15(13-38-24-20(30)22(42-44(32,33)34)18(28)16(11-26)40-24)14-39-25-21(31)23(43-45(35,36)37)19(29)17(12-27)41-25/h15-31H,2-14H2,1H3,(H,32,33,34)(H,35,36,37)/t16-,17-,18+,19+,20-,21-,22+,23+,24-,25-/m1/s1. The molecule has 0 aliphatic carbocycles. The summed E-state index contributed by atoms with van der Waals surface area (Å²) in [5.41, 5.74) is 0. The van der Waals surface area contributed by atoms with E-state index in [0.717, 1.165) is 44.9 Å². The Kier molecular flexibility index (Phi) is 17.4. The highest BCUT2D eigenvalue weighted by Crippen LogP contribution is 2.28. The number of hydrogen-bond acceptors (Lipinski definition) is 16. The molecule has 0 amide bonds. The summed E-state index contributed by atoms with van der Waals surface area (Å²) in [6.07, 6.45) is -9.04. The SMILES string of the molecule is CCCCCCCCCCC(CO[C@@H]1O[C@H](CO)[C@H](O)[C@H](OS(=O)(=O)O)[C@H]1O)CO[C@@H]1O[C@H](CO)[C@H](O)[C@H](OS(=O)(=O)O)[C@H]1O. The van der Waals surface area contributed by atoms with Gasteiger partial charge in [-0.1, -0.05) is 58.3 Å². The van der Waals surface area contributed by atoms with Crippen LogP contribution in [0.4, 0.5) is 0 Å². The van der Waals surface area contributed by atoms with Crippen molar-refractivity contribution in [2.45, 2.75) is 126 Å². The molecule has 2 heterocycles. The highest BCUT2D eigenvalue weighted by molar-refractivity contribution is 7.81. The van der Waals surface area contributed by atoms with Crippen LogP contribution in [0.3, 0.4) is 0 Å². The Balaban J connectivity index is 2.10. The van der Waals surface area contributed by atoms with E-state index in [1.165, 1.54) is 0 Å². The molecule has 268 valence electrons. The van der Waals surface area contributed by atoms with Gasteiger partial charge in [0.05, 0.1) is 26.4 Å². The van der Waals surface area contributed by atoms with Gasteiger partial charge in [-0.15, -0.1) is 0 Å². The van der Waals surface area contributed by atoms with Crippen molar-refractivity contribution in [2.75, 3.05) is 26.4 Å². The molecule has 2 saturated heterocycles. The molecule has 2 rings (SSSR count). The maximum Gasteiger partial charge on any atom is 0.397 e. The Hall–Kier alpha value is -0.660. The van der Waals surface area contributed by atoms with Gasteiger partial charge >= 0.3 is 20.8 Å². The van der Waals surface area contributed by atoms with Crippen molar-refractivity contribution >= 4 is 20.8 Å². The van der Waals surface area contributed by atoms with Gasteiger partial charge in [0.2, 0.25) is 0 Å². The Labute approximate surface area is 263 Å². The lowest BCUT2D eigenvalue weighted by atomic mass is 9.98. The number of unbranched alkanes of at least 4 members (excludes halogenated alkanes) is 7. The Morgan fingerprint density at radius 1 is 0.622 bits per heavy atom. The van der Waals surface area contributed by atoms with E-state index < -0.39 is 101 Å². The summed E-state index contributed by atoms with van der Waals surface area (Å²) in [7, 11) is -10.2. The largest absolute Gasteiger partial charge is 0.397 e. The van der Waals surface area contributed by atoms with Crippen LogP contribution >= 0.6 is 0 Å². The van der Waals surface area contributed by atoms with E-state index in [2.05, 4.69) is 15.3 Å². The predicted octanol–water partition coefficient (Wildman–Crippen LogP) is -1.58. The summed E-state index contributed by atoms with van der Waals surface area (Å²) >= 11 is 0. The zero-order valence-corrected chi connectivity index (χ0v) is 26.7. The molecule has 20 heteroatoms. The monoisotopic (exact) mass is 700 g/mol. The molecular formula is C25H48O18S2. The van der Waals surface area contributed by atoms with E-state index >= 15 is 0 Å². The Morgan fingerprint density at radius 2 is 1.00 bits per heavy atom. The fraction of sp³-hybridized carbons (Fsp3) is 1.00. The number of rotatable bonds is 21. The van der Waals surface area contributed by atoms with Crippen LogP contribution in [-0.2, 0) is 48.1 Å². The smallest absolute Gasteiger partial charge is 0.394 e. The summed E-state index contributed by atoms with van der Waals surface area (Å²) in [6, 6.07) is 0. The summed E-state index contributed by atoms with van der Waals surface area (Å²) in [6.45, 7) is 0.0350. The molecule has 0 aromatic rings. The normalized spacial score (nSPS) is 33.1. The average molecular weight is 701 g/mol. The second kappa shape index (κ2) is 19.4. The molecule has 8 N–H and O–H groups in total. The molecule has 0 aromatic carbocycles. The lowest BCUT2D eigenvalue weighted by molar-refractivity contribution is -0.308. The van der Waals surface area contributed by atoms with Crippen LogP contribution in [0.2, 0.25) is 0 Å². The third-order valence-corrected chi connectivity index (χ3v) is 8.50. The van der Waals surface area contributed by atoms with E-state index in [-0.39, 0.29) is 13.2 Å². The van der Waals surface area contributed by atoms with E-state index in [1.807, 2.05) is 0 Å². The maximum atomic E-state index is 11.3. The molecule has 45 heavy (non-hydrogen) atoms. The van der Waals surface area contributed by atoms with E-state index in [4.69, 9.17) is 28.1 Å². The third kappa shape index (κ3) is 13.8. The van der Waals surface area contributed by atoms with Crippen molar-refractivity contribution in [1.29, 1.82) is 0 Å². The van der Waals surface area contributed by atoms with Crippen LogP contribution in [0, 0.1) is 5.92 Å². The molecular weight excluding hydrogens is 652 g/mol. The lowest BCUT2D eigenvalue weighted by Crippen LogP contribution is -2.61. The first-order valence-electron chi connectivity index (χ1n) is 14.9. The minimum Gasteiger partial charge on any atom is -0.394 e. The van der Waals surface area contributed by atoms with Gasteiger partial charge in [-0.2, -0.15) is 16.8 Å². The van der Waals surface area contributed by atoms with Crippen LogP contribution in [-0.4, -0.2) is 144 Å². The summed E-state index contributed by atoms with van der Waals surface area (Å²) in [4.78, 5) is 0. The summed E-state index contributed by atoms with van der Waals surface area (Å²) in [5, 5.41) is 60.8. The topological polar surface area (TPSA) is 285 Å². The van der Waals surface area contributed by atoms with E-state index in [9.17, 15) is 47.5 Å². The van der Waals surface area contributed by atoms with Crippen LogP contribution < -0.4 is 0 Å². The first-order valence-corrected chi connectivity index (χ1v) is 17.6. The van der Waals surface area contributed by atoms with Gasteiger partial charge in [0.15, 0.2) is 12.6 Å². The molecule has 0 saturated carbocycles. The van der Waals surface area contributed by atoms with Crippen molar-refractivity contribution < 1.29 is 83.9 Å². The van der Waals surface area contributed by atoms with Crippen LogP contribution in [0.1, 0.15) is 64.7 Å². The van der Waals surface area contributed by atoms with Crippen LogP contribution in [0.15, 0.2) is 0 Å². The number of aliphatic hydroxyl groups excluding tert-OH is 6. The highest BCUT2D eigenvalue weighted by Gasteiger charge is 2.49. The van der Waals surface area contributed by atoms with E-state index in [1.54, 1.807) is 0 Å². The van der Waals surface area contributed by atoms with Gasteiger partial charge in [-0.25, -0.2) is 8.37 Å². The molecule has 0 bridgehead atoms.